The maximum Gasteiger partial charge on any atom is 0.180 e. The number of benzene rings is 3. The lowest BCUT2D eigenvalue weighted by atomic mass is 10.2. The first-order valence-corrected chi connectivity index (χ1v) is 8.66. The van der Waals surface area contributed by atoms with Crippen LogP contribution in [0.2, 0.25) is 5.02 Å². The predicted molar refractivity (Wildman–Crippen MR) is 102 cm³/mol. The van der Waals surface area contributed by atoms with Crippen molar-refractivity contribution in [2.45, 2.75) is 13.2 Å². The molecule has 0 aromatic heterocycles. The summed E-state index contributed by atoms with van der Waals surface area (Å²) in [6, 6.07) is 15.8. The van der Waals surface area contributed by atoms with E-state index >= 15 is 0 Å². The molecule has 0 saturated heterocycles. The molecule has 0 amide bonds. The first-order valence-electron chi connectivity index (χ1n) is 8.28. The third kappa shape index (κ3) is 5.11. The van der Waals surface area contributed by atoms with E-state index in [0.717, 1.165) is 11.3 Å². The topological polar surface area (TPSA) is 30.5 Å². The first kappa shape index (κ1) is 19.0. The van der Waals surface area contributed by atoms with Crippen LogP contribution in [0.3, 0.4) is 0 Å². The fourth-order valence-corrected chi connectivity index (χ4v) is 2.86. The first-order chi connectivity index (χ1) is 13.0. The minimum atomic E-state index is -0.323. The second-order valence-electron chi connectivity index (χ2n) is 5.89. The number of nitrogens with one attached hydrogen (secondary N) is 1. The van der Waals surface area contributed by atoms with Crippen molar-refractivity contribution in [3.63, 3.8) is 0 Å². The van der Waals surface area contributed by atoms with E-state index in [-0.39, 0.29) is 18.2 Å². The molecule has 0 spiro atoms. The fourth-order valence-electron chi connectivity index (χ4n) is 2.57. The van der Waals surface area contributed by atoms with Crippen LogP contribution in [0, 0.1) is 11.6 Å². The van der Waals surface area contributed by atoms with Gasteiger partial charge in [0.05, 0.1) is 12.1 Å². The van der Waals surface area contributed by atoms with E-state index in [9.17, 15) is 8.78 Å². The number of halogens is 3. The summed E-state index contributed by atoms with van der Waals surface area (Å²) in [5.41, 5.74) is 2.35. The van der Waals surface area contributed by atoms with Crippen molar-refractivity contribution in [1.29, 1.82) is 0 Å². The van der Waals surface area contributed by atoms with Crippen LogP contribution in [-0.2, 0) is 13.2 Å². The van der Waals surface area contributed by atoms with Gasteiger partial charge in [0.2, 0.25) is 0 Å². The summed E-state index contributed by atoms with van der Waals surface area (Å²) in [4.78, 5) is 0. The van der Waals surface area contributed by atoms with E-state index in [0.29, 0.717) is 28.6 Å². The van der Waals surface area contributed by atoms with Gasteiger partial charge in [-0.2, -0.15) is 0 Å². The van der Waals surface area contributed by atoms with E-state index in [1.807, 2.05) is 6.07 Å². The van der Waals surface area contributed by atoms with Crippen LogP contribution in [0.1, 0.15) is 11.1 Å². The summed E-state index contributed by atoms with van der Waals surface area (Å²) >= 11 is 6.36. The quantitative estimate of drug-likeness (QED) is 0.552. The summed E-state index contributed by atoms with van der Waals surface area (Å²) in [6.07, 6.45) is 0. The van der Waals surface area contributed by atoms with E-state index in [2.05, 4.69) is 5.32 Å². The number of hydrogen-bond acceptors (Lipinski definition) is 3. The molecule has 3 nitrogen and oxygen atoms in total. The number of anilines is 1. The molecule has 0 aliphatic rings. The van der Waals surface area contributed by atoms with Gasteiger partial charge in [0.25, 0.3) is 0 Å². The zero-order chi connectivity index (χ0) is 19.2. The molecule has 0 aliphatic heterocycles. The highest BCUT2D eigenvalue weighted by atomic mass is 35.5. The van der Waals surface area contributed by atoms with Crippen LogP contribution in [0.4, 0.5) is 14.5 Å². The van der Waals surface area contributed by atoms with E-state index in [1.165, 1.54) is 31.4 Å². The van der Waals surface area contributed by atoms with Gasteiger partial charge in [-0.1, -0.05) is 23.7 Å². The molecule has 140 valence electrons. The lowest BCUT2D eigenvalue weighted by Gasteiger charge is -2.15. The Morgan fingerprint density at radius 2 is 1.70 bits per heavy atom. The molecule has 0 fully saturated rings. The van der Waals surface area contributed by atoms with Gasteiger partial charge < -0.3 is 14.8 Å². The van der Waals surface area contributed by atoms with Crippen molar-refractivity contribution >= 4 is 17.3 Å². The molecule has 1 N–H and O–H groups in total. The summed E-state index contributed by atoms with van der Waals surface area (Å²) in [7, 11) is 1.53. The smallest absolute Gasteiger partial charge is 0.180 e. The zero-order valence-corrected chi connectivity index (χ0v) is 15.4. The largest absolute Gasteiger partial charge is 0.493 e. The molecule has 0 bridgehead atoms. The van der Waals surface area contributed by atoms with Crippen LogP contribution in [0.15, 0.2) is 60.7 Å². The van der Waals surface area contributed by atoms with Gasteiger partial charge in [-0.15, -0.1) is 0 Å². The van der Waals surface area contributed by atoms with Gasteiger partial charge in [-0.05, 0) is 59.7 Å². The van der Waals surface area contributed by atoms with Crippen molar-refractivity contribution in [2.75, 3.05) is 12.4 Å². The van der Waals surface area contributed by atoms with Crippen LogP contribution in [0.5, 0.6) is 11.5 Å². The van der Waals surface area contributed by atoms with Crippen LogP contribution >= 0.6 is 11.6 Å². The highest BCUT2D eigenvalue weighted by Gasteiger charge is 2.13. The molecule has 27 heavy (non-hydrogen) atoms. The van der Waals surface area contributed by atoms with Crippen LogP contribution in [0.25, 0.3) is 0 Å². The summed E-state index contributed by atoms with van der Waals surface area (Å²) < 4.78 is 37.4. The molecular formula is C21H18ClF2NO2. The van der Waals surface area contributed by atoms with Crippen molar-refractivity contribution in [1.82, 2.24) is 0 Å². The Balaban J connectivity index is 1.71. The van der Waals surface area contributed by atoms with Crippen molar-refractivity contribution in [3.8, 4) is 11.5 Å². The molecule has 0 atom stereocenters. The Hall–Kier alpha value is -2.79. The van der Waals surface area contributed by atoms with Gasteiger partial charge in [0, 0.05) is 12.2 Å². The summed E-state index contributed by atoms with van der Waals surface area (Å²) in [5, 5.41) is 3.58. The highest BCUT2D eigenvalue weighted by Crippen LogP contribution is 2.37. The Morgan fingerprint density at radius 3 is 2.41 bits per heavy atom. The van der Waals surface area contributed by atoms with Crippen molar-refractivity contribution in [2.24, 2.45) is 0 Å². The SMILES string of the molecule is COc1cc(CNc2ccc(F)cc2)cc(Cl)c1OCc1cccc(F)c1. The molecule has 3 aromatic carbocycles. The van der Waals surface area contributed by atoms with Gasteiger partial charge >= 0.3 is 0 Å². The standard InChI is InChI=1S/C21H18ClF2NO2/c1-26-20-11-15(12-25-18-7-5-16(23)6-8-18)10-19(22)21(20)27-13-14-3-2-4-17(24)9-14/h2-11,25H,12-13H2,1H3. The maximum absolute atomic E-state index is 13.3. The monoisotopic (exact) mass is 389 g/mol. The van der Waals surface area contributed by atoms with Crippen LogP contribution < -0.4 is 14.8 Å². The molecule has 6 heteroatoms. The Kier molecular flexibility index (Phi) is 6.14. The molecule has 0 heterocycles. The second kappa shape index (κ2) is 8.73. The molecule has 0 radical (unpaired) electrons. The maximum atomic E-state index is 13.3. The third-order valence-corrected chi connectivity index (χ3v) is 4.18. The molecular weight excluding hydrogens is 372 g/mol. The van der Waals surface area contributed by atoms with Gasteiger partial charge in [-0.3, -0.25) is 0 Å². The number of ether oxygens (including phenoxy) is 2. The average molecular weight is 390 g/mol. The molecule has 0 saturated carbocycles. The van der Waals surface area contributed by atoms with E-state index in [4.69, 9.17) is 21.1 Å². The van der Waals surface area contributed by atoms with E-state index < -0.39 is 0 Å². The molecule has 0 unspecified atom stereocenters. The summed E-state index contributed by atoms with van der Waals surface area (Å²) in [6.45, 7) is 0.646. The Bertz CT molecular complexity index is 917. The highest BCUT2D eigenvalue weighted by molar-refractivity contribution is 6.32. The Morgan fingerprint density at radius 1 is 0.926 bits per heavy atom. The van der Waals surface area contributed by atoms with Crippen molar-refractivity contribution < 1.29 is 18.3 Å². The molecule has 3 rings (SSSR count). The summed E-state index contributed by atoms with van der Waals surface area (Å²) in [5.74, 6) is 0.269. The second-order valence-corrected chi connectivity index (χ2v) is 6.30. The average Bonchev–Trinajstić information content (AvgIpc) is 2.66. The minimum absolute atomic E-state index is 0.168. The molecule has 3 aromatic rings. The number of methoxy groups -OCH3 is 1. The van der Waals surface area contributed by atoms with Gasteiger partial charge in [0.1, 0.15) is 18.2 Å². The fraction of sp³-hybridized carbons (Fsp3) is 0.143. The van der Waals surface area contributed by atoms with Gasteiger partial charge in [0.15, 0.2) is 11.5 Å². The lowest BCUT2D eigenvalue weighted by Crippen LogP contribution is -2.03. The van der Waals surface area contributed by atoms with E-state index in [1.54, 1.807) is 30.3 Å². The Labute approximate surface area is 161 Å². The number of hydrogen-bond donors (Lipinski definition) is 1. The third-order valence-electron chi connectivity index (χ3n) is 3.90. The predicted octanol–water partition coefficient (Wildman–Crippen LogP) is 5.82. The zero-order valence-electron chi connectivity index (χ0n) is 14.6. The lowest BCUT2D eigenvalue weighted by molar-refractivity contribution is 0.284. The van der Waals surface area contributed by atoms with Crippen molar-refractivity contribution in [3.05, 3.63) is 88.4 Å². The van der Waals surface area contributed by atoms with Crippen LogP contribution in [-0.4, -0.2) is 7.11 Å². The normalized spacial score (nSPS) is 10.5. The minimum Gasteiger partial charge on any atom is -0.493 e. The number of rotatable bonds is 7. The van der Waals surface area contributed by atoms with Gasteiger partial charge in [-0.25, -0.2) is 8.78 Å². The molecule has 0 aliphatic carbocycles.